The summed E-state index contributed by atoms with van der Waals surface area (Å²) in [5.41, 5.74) is 13.5. The first kappa shape index (κ1) is 29.9. The monoisotopic (exact) mass is 604 g/mol. The van der Waals surface area contributed by atoms with Crippen molar-refractivity contribution in [2.45, 2.75) is 32.6 Å². The van der Waals surface area contributed by atoms with Gasteiger partial charge in [0.15, 0.2) is 0 Å². The van der Waals surface area contributed by atoms with Gasteiger partial charge in [0.1, 0.15) is 0 Å². The van der Waals surface area contributed by atoms with E-state index in [9.17, 15) is 0 Å². The van der Waals surface area contributed by atoms with Crippen molar-refractivity contribution >= 4 is 27.6 Å². The molecular weight excluding hydrogens is 569 g/mol. The van der Waals surface area contributed by atoms with E-state index in [1.54, 1.807) is 6.08 Å². The Morgan fingerprint density at radius 2 is 1.21 bits per heavy atom. The maximum Gasteiger partial charge on any atom is 0.0838 e. The van der Waals surface area contributed by atoms with Crippen molar-refractivity contribution in [3.05, 3.63) is 163 Å². The van der Waals surface area contributed by atoms with Gasteiger partial charge in [-0.25, -0.2) is 9.97 Å². The van der Waals surface area contributed by atoms with Crippen LogP contribution >= 0.6 is 0 Å². The van der Waals surface area contributed by atoms with E-state index >= 15 is 0 Å². The van der Waals surface area contributed by atoms with Crippen LogP contribution in [0.1, 0.15) is 49.4 Å². The van der Waals surface area contributed by atoms with Crippen LogP contribution in [-0.2, 0) is 0 Å². The lowest BCUT2D eigenvalue weighted by molar-refractivity contribution is 1.04. The van der Waals surface area contributed by atoms with E-state index in [1.807, 2.05) is 0 Å². The molecule has 47 heavy (non-hydrogen) atoms. The lowest BCUT2D eigenvalue weighted by Gasteiger charge is -2.25. The average molecular weight is 605 g/mol. The van der Waals surface area contributed by atoms with Crippen LogP contribution in [-0.4, -0.2) is 9.97 Å². The SMILES string of the molecule is C#C/C=C\C(=C/C)c1c(C2=CCCC=C2)c(-c2ccccc2)nc2c(-c3ccccc3)c(C3=CCCC=C3)nc(-c3ccccc3)c12. The van der Waals surface area contributed by atoms with Crippen molar-refractivity contribution in [1.29, 1.82) is 0 Å². The van der Waals surface area contributed by atoms with Crippen molar-refractivity contribution in [2.24, 2.45) is 0 Å². The number of fused-ring (bicyclic) bond motifs is 1. The Hall–Kier alpha value is -5.78. The van der Waals surface area contributed by atoms with Crippen molar-refractivity contribution in [1.82, 2.24) is 9.97 Å². The van der Waals surface area contributed by atoms with Crippen LogP contribution in [0.5, 0.6) is 0 Å². The maximum absolute atomic E-state index is 5.82. The lowest BCUT2D eigenvalue weighted by atomic mass is 9.83. The number of pyridine rings is 2. The summed E-state index contributed by atoms with van der Waals surface area (Å²) in [5, 5.41) is 1.02. The largest absolute Gasteiger partial charge is 0.246 e. The number of aromatic nitrogens is 2. The summed E-state index contributed by atoms with van der Waals surface area (Å²) in [6.45, 7) is 2.08. The van der Waals surface area contributed by atoms with Crippen LogP contribution < -0.4 is 0 Å². The molecule has 0 radical (unpaired) electrons. The summed E-state index contributed by atoms with van der Waals surface area (Å²) < 4.78 is 0. The van der Waals surface area contributed by atoms with Crippen molar-refractivity contribution < 1.29 is 0 Å². The van der Waals surface area contributed by atoms with Crippen molar-refractivity contribution in [3.63, 3.8) is 0 Å². The molecule has 2 nitrogen and oxygen atoms in total. The summed E-state index contributed by atoms with van der Waals surface area (Å²) in [7, 11) is 0. The highest BCUT2D eigenvalue weighted by Gasteiger charge is 2.28. The Morgan fingerprint density at radius 1 is 0.638 bits per heavy atom. The highest BCUT2D eigenvalue weighted by Crippen LogP contribution is 2.47. The summed E-state index contributed by atoms with van der Waals surface area (Å²) in [6.07, 6.45) is 29.5. The normalized spacial score (nSPS) is 14.7. The summed E-state index contributed by atoms with van der Waals surface area (Å²) in [6, 6.07) is 31.7. The number of benzene rings is 3. The molecule has 0 spiro atoms. The van der Waals surface area contributed by atoms with Gasteiger partial charge in [-0.1, -0.05) is 139 Å². The van der Waals surface area contributed by atoms with Crippen LogP contribution in [0, 0.1) is 12.3 Å². The maximum atomic E-state index is 5.82. The van der Waals surface area contributed by atoms with Gasteiger partial charge in [-0.2, -0.15) is 0 Å². The molecule has 0 fully saturated rings. The molecule has 5 aromatic rings. The number of allylic oxidation sites excluding steroid dienone is 12. The summed E-state index contributed by atoms with van der Waals surface area (Å²) in [5.74, 6) is 2.73. The van der Waals surface area contributed by atoms with E-state index in [-0.39, 0.29) is 0 Å². The molecular formula is C45H36N2. The van der Waals surface area contributed by atoms with Gasteiger partial charge < -0.3 is 0 Å². The Morgan fingerprint density at radius 3 is 1.77 bits per heavy atom. The molecule has 0 saturated heterocycles. The van der Waals surface area contributed by atoms with Crippen molar-refractivity contribution in [2.75, 3.05) is 0 Å². The fraction of sp³-hybridized carbons (Fsp3) is 0.111. The lowest BCUT2D eigenvalue weighted by Crippen LogP contribution is -2.07. The zero-order valence-corrected chi connectivity index (χ0v) is 26.7. The minimum atomic E-state index is 0.910. The molecule has 2 heteroatoms. The molecule has 2 aromatic heterocycles. The molecule has 226 valence electrons. The van der Waals surface area contributed by atoms with E-state index in [0.29, 0.717) is 0 Å². The summed E-state index contributed by atoms with van der Waals surface area (Å²) in [4.78, 5) is 11.4. The van der Waals surface area contributed by atoms with Crippen LogP contribution in [0.2, 0.25) is 0 Å². The molecule has 0 saturated carbocycles. The van der Waals surface area contributed by atoms with E-state index < -0.39 is 0 Å². The van der Waals surface area contributed by atoms with Gasteiger partial charge in [0.2, 0.25) is 0 Å². The minimum absolute atomic E-state index is 0.910. The highest BCUT2D eigenvalue weighted by molar-refractivity contribution is 6.14. The quantitative estimate of drug-likeness (QED) is 0.136. The third-order valence-electron chi connectivity index (χ3n) is 8.80. The number of hydrogen-bond donors (Lipinski definition) is 0. The smallest absolute Gasteiger partial charge is 0.0838 e. The average Bonchev–Trinajstić information content (AvgIpc) is 3.15. The van der Waals surface area contributed by atoms with Gasteiger partial charge in [-0.05, 0) is 67.0 Å². The second-order valence-corrected chi connectivity index (χ2v) is 11.7. The Labute approximate surface area is 278 Å². The van der Waals surface area contributed by atoms with Gasteiger partial charge in [-0.3, -0.25) is 0 Å². The molecule has 3 aromatic carbocycles. The standard InChI is InChI=1S/C45H36N2/c1-3-5-21-32(4-2)38-39(33-22-11-6-12-23-33)42(35-26-15-8-16-27-35)47-45-40(34-24-13-7-14-25-34)43(36-28-17-9-18-29-36)46-44(41(38)45)37-30-19-10-20-31-37/h1,4-5,7-8,10-11,13-17,19-31H,6,9,12,18H2,2H3/b21-5-,32-4+. The Balaban J connectivity index is 1.77. The second-order valence-electron chi connectivity index (χ2n) is 11.7. The molecule has 2 aliphatic carbocycles. The molecule has 7 rings (SSSR count). The third kappa shape index (κ3) is 5.85. The number of nitrogens with zero attached hydrogens (tertiary/aromatic N) is 2. The number of rotatable bonds is 7. The molecule has 0 atom stereocenters. The van der Waals surface area contributed by atoms with Gasteiger partial charge in [0.05, 0.1) is 22.6 Å². The number of hydrogen-bond acceptors (Lipinski definition) is 2. The second kappa shape index (κ2) is 13.7. The van der Waals surface area contributed by atoms with E-state index in [2.05, 4.69) is 152 Å². The first-order valence-corrected chi connectivity index (χ1v) is 16.4. The molecule has 0 N–H and O–H groups in total. The molecule has 2 aliphatic rings. The fourth-order valence-corrected chi connectivity index (χ4v) is 6.65. The van der Waals surface area contributed by atoms with E-state index in [1.165, 1.54) is 0 Å². The predicted octanol–water partition coefficient (Wildman–Crippen LogP) is 11.7. The third-order valence-corrected chi connectivity index (χ3v) is 8.80. The predicted molar refractivity (Wildman–Crippen MR) is 200 cm³/mol. The van der Waals surface area contributed by atoms with Crippen LogP contribution in [0.3, 0.4) is 0 Å². The molecule has 0 aliphatic heterocycles. The molecule has 0 bridgehead atoms. The Kier molecular flexibility index (Phi) is 8.71. The molecule has 0 amide bonds. The Bertz CT molecular complexity index is 2170. The van der Waals surface area contributed by atoms with Crippen molar-refractivity contribution in [3.8, 4) is 46.0 Å². The van der Waals surface area contributed by atoms with E-state index in [4.69, 9.17) is 16.4 Å². The van der Waals surface area contributed by atoms with Gasteiger partial charge in [-0.15, -0.1) is 6.42 Å². The fourth-order valence-electron chi connectivity index (χ4n) is 6.65. The van der Waals surface area contributed by atoms with Crippen LogP contribution in [0.15, 0.2) is 146 Å². The van der Waals surface area contributed by atoms with Gasteiger partial charge in [0.25, 0.3) is 0 Å². The van der Waals surface area contributed by atoms with Gasteiger partial charge in [0, 0.05) is 33.2 Å². The molecule has 0 unspecified atom stereocenters. The van der Waals surface area contributed by atoms with E-state index in [0.717, 1.165) is 104 Å². The zero-order chi connectivity index (χ0) is 32.0. The first-order chi connectivity index (χ1) is 23.3. The van der Waals surface area contributed by atoms with Gasteiger partial charge >= 0.3 is 0 Å². The van der Waals surface area contributed by atoms with Crippen LogP contribution in [0.25, 0.3) is 61.3 Å². The number of terminal acetylenes is 1. The zero-order valence-electron chi connectivity index (χ0n) is 26.7. The van der Waals surface area contributed by atoms with Crippen LogP contribution in [0.4, 0.5) is 0 Å². The first-order valence-electron chi connectivity index (χ1n) is 16.4. The minimum Gasteiger partial charge on any atom is -0.246 e. The summed E-state index contributed by atoms with van der Waals surface area (Å²) >= 11 is 0. The highest BCUT2D eigenvalue weighted by atomic mass is 14.8. The topological polar surface area (TPSA) is 25.8 Å². The molecule has 2 heterocycles.